The van der Waals surface area contributed by atoms with Crippen molar-refractivity contribution < 1.29 is 9.29 Å². The molecule has 7 heteroatoms. The first-order valence-corrected chi connectivity index (χ1v) is 12.6. The number of anilines is 2. The van der Waals surface area contributed by atoms with Crippen molar-refractivity contribution >= 4 is 33.6 Å². The molecule has 1 atom stereocenters. The van der Waals surface area contributed by atoms with Crippen LogP contribution in [0, 0.1) is 0 Å². The van der Waals surface area contributed by atoms with Crippen molar-refractivity contribution in [3.05, 3.63) is 90.6 Å². The zero-order chi connectivity index (χ0) is 23.3. The van der Waals surface area contributed by atoms with Crippen molar-refractivity contribution in [2.45, 2.75) is 11.4 Å². The Hall–Kier alpha value is -3.26. The van der Waals surface area contributed by atoms with Gasteiger partial charge in [-0.25, -0.2) is 4.72 Å². The summed E-state index contributed by atoms with van der Waals surface area (Å²) in [5.74, 6) is 0.927. The fraction of sp³-hybridized carbons (Fsp3) is 0.222. The normalized spacial score (nSPS) is 15.3. The number of para-hydroxylation sites is 3. The summed E-state index contributed by atoms with van der Waals surface area (Å²) in [6, 6.07) is 26.0. The molecule has 174 valence electrons. The van der Waals surface area contributed by atoms with Gasteiger partial charge in [0.05, 0.1) is 18.5 Å². The molecular formula is C27H28N4O2S. The first kappa shape index (κ1) is 22.5. The SMILES string of the molecule is COc1ccccc1N1CCN(Cc2ccc(N[S+]([O-])c3cccc4cccnc34)cc2)CC1. The minimum absolute atomic E-state index is 0.690. The Balaban J connectivity index is 1.17. The molecule has 4 aromatic rings. The van der Waals surface area contributed by atoms with Crippen LogP contribution in [0.2, 0.25) is 0 Å². The van der Waals surface area contributed by atoms with Gasteiger partial charge in [0.15, 0.2) is 0 Å². The van der Waals surface area contributed by atoms with Gasteiger partial charge in [-0.15, -0.1) is 0 Å². The Labute approximate surface area is 203 Å². The van der Waals surface area contributed by atoms with Gasteiger partial charge in [-0.05, 0) is 42.0 Å². The number of hydrogen-bond acceptors (Lipinski definition) is 6. The van der Waals surface area contributed by atoms with E-state index in [4.69, 9.17) is 4.74 Å². The lowest BCUT2D eigenvalue weighted by molar-refractivity contribution is 0.249. The zero-order valence-corrected chi connectivity index (χ0v) is 20.0. The molecular weight excluding hydrogens is 444 g/mol. The second-order valence-electron chi connectivity index (χ2n) is 8.33. The maximum Gasteiger partial charge on any atom is 0.206 e. The van der Waals surface area contributed by atoms with Crippen LogP contribution < -0.4 is 14.4 Å². The van der Waals surface area contributed by atoms with E-state index in [9.17, 15) is 4.55 Å². The standard InChI is InChI=1S/C27H28N4O2S/c1-33-25-9-3-2-8-24(25)31-18-16-30(17-19-31)20-21-11-13-23(14-12-21)29-34(32)26-10-4-6-22-7-5-15-28-27(22)26/h2-15,29H,16-20H2,1H3. The average Bonchev–Trinajstić information content (AvgIpc) is 2.90. The Morgan fingerprint density at radius 1 is 0.912 bits per heavy atom. The Kier molecular flexibility index (Phi) is 6.85. The van der Waals surface area contributed by atoms with E-state index in [0.29, 0.717) is 4.90 Å². The topological polar surface area (TPSA) is 63.7 Å². The summed E-state index contributed by atoms with van der Waals surface area (Å²) in [6.45, 7) is 4.83. The highest BCUT2D eigenvalue weighted by Crippen LogP contribution is 2.29. The highest BCUT2D eigenvalue weighted by molar-refractivity contribution is 7.93. The van der Waals surface area contributed by atoms with Gasteiger partial charge in [-0.1, -0.05) is 42.5 Å². The molecule has 0 amide bonds. The molecule has 1 unspecified atom stereocenters. The highest BCUT2D eigenvalue weighted by atomic mass is 32.2. The molecule has 6 nitrogen and oxygen atoms in total. The lowest BCUT2D eigenvalue weighted by atomic mass is 10.1. The van der Waals surface area contributed by atoms with Gasteiger partial charge < -0.3 is 14.2 Å². The van der Waals surface area contributed by atoms with Crippen molar-refractivity contribution in [3.63, 3.8) is 0 Å². The summed E-state index contributed by atoms with van der Waals surface area (Å²) in [4.78, 5) is 9.95. The molecule has 1 saturated heterocycles. The van der Waals surface area contributed by atoms with Crippen LogP contribution in [0.3, 0.4) is 0 Å². The van der Waals surface area contributed by atoms with E-state index in [0.717, 1.165) is 60.8 Å². The minimum Gasteiger partial charge on any atom is -0.588 e. The van der Waals surface area contributed by atoms with Crippen molar-refractivity contribution in [1.29, 1.82) is 0 Å². The summed E-state index contributed by atoms with van der Waals surface area (Å²) in [6.07, 6.45) is 1.73. The summed E-state index contributed by atoms with van der Waals surface area (Å²) in [5, 5.41) is 0.983. The smallest absolute Gasteiger partial charge is 0.206 e. The molecule has 0 saturated carbocycles. The fourth-order valence-corrected chi connectivity index (χ4v) is 5.37. The molecule has 1 aromatic heterocycles. The van der Waals surface area contributed by atoms with Crippen LogP contribution in [-0.2, 0) is 17.9 Å². The monoisotopic (exact) mass is 472 g/mol. The van der Waals surface area contributed by atoms with Crippen LogP contribution in [0.4, 0.5) is 11.4 Å². The molecule has 1 N–H and O–H groups in total. The van der Waals surface area contributed by atoms with Gasteiger partial charge in [0.25, 0.3) is 0 Å². The van der Waals surface area contributed by atoms with E-state index in [1.807, 2.05) is 54.6 Å². The molecule has 1 aliphatic rings. The molecule has 0 spiro atoms. The van der Waals surface area contributed by atoms with Crippen molar-refractivity contribution in [3.8, 4) is 5.75 Å². The van der Waals surface area contributed by atoms with E-state index in [1.165, 1.54) is 5.56 Å². The summed E-state index contributed by atoms with van der Waals surface area (Å²) in [5.41, 5.74) is 4.00. The quantitative estimate of drug-likeness (QED) is 0.394. The number of fused-ring (bicyclic) bond motifs is 1. The summed E-state index contributed by atoms with van der Waals surface area (Å²) < 4.78 is 21.6. The predicted octanol–water partition coefficient (Wildman–Crippen LogP) is 4.70. The van der Waals surface area contributed by atoms with Gasteiger partial charge in [0.1, 0.15) is 22.6 Å². The number of nitrogens with one attached hydrogen (secondary N) is 1. The third-order valence-corrected chi connectivity index (χ3v) is 7.31. The number of hydrogen-bond donors (Lipinski definition) is 1. The van der Waals surface area contributed by atoms with Gasteiger partial charge in [0, 0.05) is 44.3 Å². The van der Waals surface area contributed by atoms with Crippen LogP contribution in [-0.4, -0.2) is 47.7 Å². The Bertz CT molecular complexity index is 1240. The van der Waals surface area contributed by atoms with E-state index in [2.05, 4.69) is 43.8 Å². The van der Waals surface area contributed by atoms with Crippen LogP contribution in [0.25, 0.3) is 10.9 Å². The Morgan fingerprint density at radius 3 is 2.47 bits per heavy atom. The maximum absolute atomic E-state index is 13.0. The van der Waals surface area contributed by atoms with Crippen molar-refractivity contribution in [1.82, 2.24) is 9.88 Å². The molecule has 1 aliphatic heterocycles. The van der Waals surface area contributed by atoms with Crippen molar-refractivity contribution in [2.75, 3.05) is 42.9 Å². The van der Waals surface area contributed by atoms with E-state index in [-0.39, 0.29) is 0 Å². The zero-order valence-electron chi connectivity index (χ0n) is 19.2. The van der Waals surface area contributed by atoms with E-state index in [1.54, 1.807) is 13.3 Å². The van der Waals surface area contributed by atoms with Crippen LogP contribution in [0.1, 0.15) is 5.56 Å². The van der Waals surface area contributed by atoms with E-state index < -0.39 is 11.4 Å². The molecule has 0 bridgehead atoms. The third-order valence-electron chi connectivity index (χ3n) is 6.16. The van der Waals surface area contributed by atoms with Gasteiger partial charge in [-0.2, -0.15) is 0 Å². The van der Waals surface area contributed by atoms with E-state index >= 15 is 0 Å². The highest BCUT2D eigenvalue weighted by Gasteiger charge is 2.20. The van der Waals surface area contributed by atoms with Gasteiger partial charge in [-0.3, -0.25) is 9.88 Å². The summed E-state index contributed by atoms with van der Waals surface area (Å²) in [7, 11) is 1.72. The second-order valence-corrected chi connectivity index (χ2v) is 9.52. The van der Waals surface area contributed by atoms with Gasteiger partial charge in [0.2, 0.25) is 4.90 Å². The number of rotatable bonds is 7. The van der Waals surface area contributed by atoms with Crippen LogP contribution in [0.15, 0.2) is 90.0 Å². The first-order chi connectivity index (χ1) is 16.7. The molecule has 1 fully saturated rings. The molecule has 5 rings (SSSR count). The number of nitrogens with zero attached hydrogens (tertiary/aromatic N) is 3. The molecule has 3 aromatic carbocycles. The minimum atomic E-state index is -1.39. The molecule has 0 radical (unpaired) electrons. The lowest BCUT2D eigenvalue weighted by Gasteiger charge is -2.36. The average molecular weight is 473 g/mol. The van der Waals surface area contributed by atoms with Crippen LogP contribution in [0.5, 0.6) is 5.75 Å². The number of ether oxygens (including phenoxy) is 1. The molecule has 0 aliphatic carbocycles. The second kappa shape index (κ2) is 10.3. The maximum atomic E-state index is 13.0. The number of piperazine rings is 1. The Morgan fingerprint density at radius 2 is 1.68 bits per heavy atom. The van der Waals surface area contributed by atoms with Crippen molar-refractivity contribution in [2.24, 2.45) is 0 Å². The lowest BCUT2D eigenvalue weighted by Crippen LogP contribution is -2.46. The molecule has 2 heterocycles. The number of benzene rings is 3. The number of aromatic nitrogens is 1. The summed E-state index contributed by atoms with van der Waals surface area (Å²) >= 11 is -1.39. The fourth-order valence-electron chi connectivity index (χ4n) is 4.36. The largest absolute Gasteiger partial charge is 0.588 e. The predicted molar refractivity (Wildman–Crippen MR) is 139 cm³/mol. The van der Waals surface area contributed by atoms with Crippen LogP contribution >= 0.6 is 0 Å². The number of methoxy groups -OCH3 is 1. The van der Waals surface area contributed by atoms with Gasteiger partial charge >= 0.3 is 0 Å². The number of pyridine rings is 1. The molecule has 34 heavy (non-hydrogen) atoms. The third kappa shape index (κ3) is 4.97. The first-order valence-electron chi connectivity index (χ1n) is 11.4.